The van der Waals surface area contributed by atoms with Gasteiger partial charge in [-0.2, -0.15) is 0 Å². The fraction of sp³-hybridized carbons (Fsp3) is 0.385. The summed E-state index contributed by atoms with van der Waals surface area (Å²) >= 11 is 0. The SMILES string of the molecule is CN/C(=C1/C=C(c2nc(Nc3ccc4c(n3)CCN(CC(C)O)C4)ncc2F)C=C(F)C1=N)C(C)C. The minimum absolute atomic E-state index is 0.00965. The molecule has 1 aliphatic carbocycles. The highest BCUT2D eigenvalue weighted by molar-refractivity contribution is 6.15. The lowest BCUT2D eigenvalue weighted by Gasteiger charge is -2.29. The van der Waals surface area contributed by atoms with Crippen LogP contribution in [0.2, 0.25) is 0 Å². The van der Waals surface area contributed by atoms with E-state index in [-0.39, 0.29) is 34.9 Å². The highest BCUT2D eigenvalue weighted by Crippen LogP contribution is 2.31. The summed E-state index contributed by atoms with van der Waals surface area (Å²) in [4.78, 5) is 15.2. The Morgan fingerprint density at radius 1 is 1.19 bits per heavy atom. The van der Waals surface area contributed by atoms with Gasteiger partial charge in [-0.05, 0) is 36.6 Å². The molecule has 0 spiro atoms. The van der Waals surface area contributed by atoms with Crippen molar-refractivity contribution < 1.29 is 13.9 Å². The average molecular weight is 496 g/mol. The number of anilines is 2. The van der Waals surface area contributed by atoms with Crippen molar-refractivity contribution >= 4 is 23.1 Å². The Labute approximate surface area is 209 Å². The second kappa shape index (κ2) is 10.6. The van der Waals surface area contributed by atoms with Gasteiger partial charge in [0.05, 0.1) is 18.0 Å². The van der Waals surface area contributed by atoms with Gasteiger partial charge < -0.3 is 15.7 Å². The Morgan fingerprint density at radius 3 is 2.67 bits per heavy atom. The number of fused-ring (bicyclic) bond motifs is 1. The number of halogens is 2. The highest BCUT2D eigenvalue weighted by Gasteiger charge is 2.24. The van der Waals surface area contributed by atoms with Crippen LogP contribution < -0.4 is 10.6 Å². The Balaban J connectivity index is 1.61. The first kappa shape index (κ1) is 25.6. The van der Waals surface area contributed by atoms with Crippen molar-refractivity contribution in [3.05, 3.63) is 70.3 Å². The van der Waals surface area contributed by atoms with E-state index in [1.807, 2.05) is 19.9 Å². The third-order valence-electron chi connectivity index (χ3n) is 6.13. The predicted molar refractivity (Wildman–Crippen MR) is 136 cm³/mol. The largest absolute Gasteiger partial charge is 0.392 e. The summed E-state index contributed by atoms with van der Waals surface area (Å²) in [6, 6.07) is 3.78. The standard InChI is InChI=1S/C26H31F2N7O/c1-14(2)24(30-4)18-9-17(10-19(27)23(18)29)25-20(28)11-31-26(34-25)33-22-6-5-16-13-35(12-15(3)36)8-7-21(16)32-22/h5-6,9-11,14-15,29-30,36H,7-8,12-13H2,1-4H3,(H,31,32,33,34)/b24-18-,29-23?. The Bertz CT molecular complexity index is 1270. The molecule has 4 N–H and O–H groups in total. The summed E-state index contributed by atoms with van der Waals surface area (Å²) in [5.41, 5.74) is 2.97. The van der Waals surface area contributed by atoms with E-state index in [0.29, 0.717) is 30.2 Å². The van der Waals surface area contributed by atoms with Crippen LogP contribution in [-0.2, 0) is 13.0 Å². The van der Waals surface area contributed by atoms with Crippen LogP contribution in [0.3, 0.4) is 0 Å². The van der Waals surface area contributed by atoms with Crippen molar-refractivity contribution in [2.75, 3.05) is 25.5 Å². The van der Waals surface area contributed by atoms with Crippen molar-refractivity contribution in [3.8, 4) is 0 Å². The fourth-order valence-electron chi connectivity index (χ4n) is 4.51. The van der Waals surface area contributed by atoms with Gasteiger partial charge in [0.1, 0.15) is 17.3 Å². The van der Waals surface area contributed by atoms with Crippen LogP contribution in [0.15, 0.2) is 47.6 Å². The number of pyridine rings is 1. The average Bonchev–Trinajstić information content (AvgIpc) is 2.83. The molecule has 4 rings (SSSR count). The van der Waals surface area contributed by atoms with Crippen LogP contribution >= 0.6 is 0 Å². The van der Waals surface area contributed by atoms with Gasteiger partial charge in [0.2, 0.25) is 5.95 Å². The third kappa shape index (κ3) is 5.50. The molecule has 2 aromatic heterocycles. The number of nitrogens with zero attached hydrogens (tertiary/aromatic N) is 4. The molecule has 0 amide bonds. The molecule has 10 heteroatoms. The van der Waals surface area contributed by atoms with Crippen molar-refractivity contribution in [2.24, 2.45) is 5.92 Å². The quantitative estimate of drug-likeness (QED) is 0.461. The highest BCUT2D eigenvalue weighted by atomic mass is 19.1. The molecule has 8 nitrogen and oxygen atoms in total. The molecule has 0 aromatic carbocycles. The summed E-state index contributed by atoms with van der Waals surface area (Å²) in [6.07, 6.45) is 4.08. The van der Waals surface area contributed by atoms with E-state index in [1.165, 1.54) is 0 Å². The normalized spacial score (nSPS) is 18.4. The zero-order valence-electron chi connectivity index (χ0n) is 20.9. The Morgan fingerprint density at radius 2 is 1.97 bits per heavy atom. The van der Waals surface area contributed by atoms with E-state index < -0.39 is 11.6 Å². The van der Waals surface area contributed by atoms with E-state index in [9.17, 15) is 13.9 Å². The predicted octanol–water partition coefficient (Wildman–Crippen LogP) is 3.89. The molecule has 36 heavy (non-hydrogen) atoms. The number of nitrogens with one attached hydrogen (secondary N) is 3. The minimum atomic E-state index is -0.760. The second-order valence-corrected chi connectivity index (χ2v) is 9.35. The Hall–Kier alpha value is -3.50. The van der Waals surface area contributed by atoms with Crippen LogP contribution in [-0.4, -0.2) is 56.9 Å². The maximum atomic E-state index is 14.8. The maximum absolute atomic E-state index is 14.8. The molecular formula is C26H31F2N7O. The topological polar surface area (TPSA) is 110 Å². The van der Waals surface area contributed by atoms with E-state index in [2.05, 4.69) is 30.5 Å². The number of β-amino-alcohol motifs (C(OH)–C–C–N with tert-alkyl or cyclic N) is 1. The van der Waals surface area contributed by atoms with Crippen molar-refractivity contribution in [2.45, 2.75) is 39.8 Å². The summed E-state index contributed by atoms with van der Waals surface area (Å²) in [6.45, 7) is 7.76. The molecule has 0 radical (unpaired) electrons. The maximum Gasteiger partial charge on any atom is 0.229 e. The smallest absolute Gasteiger partial charge is 0.229 e. The molecule has 0 saturated carbocycles. The van der Waals surface area contributed by atoms with Crippen LogP contribution in [0.4, 0.5) is 20.5 Å². The van der Waals surface area contributed by atoms with Crippen molar-refractivity contribution in [1.82, 2.24) is 25.2 Å². The summed E-state index contributed by atoms with van der Waals surface area (Å²) < 4.78 is 29.5. The lowest BCUT2D eigenvalue weighted by molar-refractivity contribution is 0.118. The molecule has 2 aliphatic rings. The third-order valence-corrected chi connectivity index (χ3v) is 6.13. The molecule has 1 aliphatic heterocycles. The molecular weight excluding hydrogens is 464 g/mol. The van der Waals surface area contributed by atoms with Gasteiger partial charge in [-0.25, -0.2) is 23.7 Å². The molecule has 1 unspecified atom stereocenters. The fourth-order valence-corrected chi connectivity index (χ4v) is 4.51. The number of aromatic nitrogens is 3. The van der Waals surface area contributed by atoms with Crippen LogP contribution in [0.5, 0.6) is 0 Å². The number of hydrogen-bond donors (Lipinski definition) is 4. The molecule has 2 aromatic rings. The van der Waals surface area contributed by atoms with Gasteiger partial charge in [-0.1, -0.05) is 19.9 Å². The van der Waals surface area contributed by atoms with Gasteiger partial charge in [0.15, 0.2) is 5.82 Å². The monoisotopic (exact) mass is 495 g/mol. The van der Waals surface area contributed by atoms with Crippen molar-refractivity contribution in [1.29, 1.82) is 5.41 Å². The zero-order valence-corrected chi connectivity index (χ0v) is 20.9. The van der Waals surface area contributed by atoms with Crippen LogP contribution in [0.25, 0.3) is 5.57 Å². The first-order chi connectivity index (χ1) is 17.2. The Kier molecular flexibility index (Phi) is 7.56. The number of hydrogen-bond acceptors (Lipinski definition) is 8. The molecule has 0 bridgehead atoms. The van der Waals surface area contributed by atoms with E-state index in [1.54, 1.807) is 26.1 Å². The number of allylic oxidation sites excluding steroid dienone is 6. The molecule has 190 valence electrons. The van der Waals surface area contributed by atoms with Gasteiger partial charge in [0, 0.05) is 55.6 Å². The number of aliphatic hydroxyl groups excluding tert-OH is 1. The van der Waals surface area contributed by atoms with Crippen LogP contribution in [0, 0.1) is 17.1 Å². The van der Waals surface area contributed by atoms with Gasteiger partial charge in [-0.15, -0.1) is 0 Å². The molecule has 3 heterocycles. The first-order valence-corrected chi connectivity index (χ1v) is 12.0. The summed E-state index contributed by atoms with van der Waals surface area (Å²) in [5, 5.41) is 23.9. The molecule has 0 fully saturated rings. The van der Waals surface area contributed by atoms with Gasteiger partial charge >= 0.3 is 0 Å². The zero-order chi connectivity index (χ0) is 26.0. The van der Waals surface area contributed by atoms with Crippen LogP contribution in [0.1, 0.15) is 37.7 Å². The van der Waals surface area contributed by atoms with Crippen molar-refractivity contribution in [3.63, 3.8) is 0 Å². The molecule has 0 saturated heterocycles. The van der Waals surface area contributed by atoms with E-state index >= 15 is 0 Å². The summed E-state index contributed by atoms with van der Waals surface area (Å²) in [5.74, 6) is -0.797. The second-order valence-electron chi connectivity index (χ2n) is 9.35. The van der Waals surface area contributed by atoms with Gasteiger partial charge in [-0.3, -0.25) is 10.3 Å². The lowest BCUT2D eigenvalue weighted by atomic mass is 9.92. The number of aliphatic hydroxyl groups is 1. The summed E-state index contributed by atoms with van der Waals surface area (Å²) in [7, 11) is 1.71. The van der Waals surface area contributed by atoms with Gasteiger partial charge in [0.25, 0.3) is 0 Å². The lowest BCUT2D eigenvalue weighted by Crippen LogP contribution is -2.36. The minimum Gasteiger partial charge on any atom is -0.392 e. The molecule has 1 atom stereocenters. The number of rotatable bonds is 7. The van der Waals surface area contributed by atoms with E-state index in [0.717, 1.165) is 36.5 Å². The van der Waals surface area contributed by atoms with E-state index in [4.69, 9.17) is 5.41 Å². The first-order valence-electron chi connectivity index (χ1n) is 12.0.